The third-order valence-corrected chi connectivity index (χ3v) is 8.47. The highest BCUT2D eigenvalue weighted by Gasteiger charge is 2.62. The molecule has 0 aromatic heterocycles. The second-order valence-electron chi connectivity index (χ2n) is 8.12. The Morgan fingerprint density at radius 3 is 2.28 bits per heavy atom. The first-order valence-corrected chi connectivity index (χ1v) is 11.4. The van der Waals surface area contributed by atoms with Crippen molar-refractivity contribution in [3.05, 3.63) is 66.0 Å². The number of hydrogen-bond acceptors (Lipinski definition) is 3. The molecule has 0 bridgehead atoms. The molecule has 2 aliphatic rings. The van der Waals surface area contributed by atoms with Crippen LogP contribution in [-0.2, 0) is 14.8 Å². The molecule has 2 aromatic rings. The molecule has 1 unspecified atom stereocenters. The summed E-state index contributed by atoms with van der Waals surface area (Å²) in [6, 6.07) is 15.6. The van der Waals surface area contributed by atoms with Gasteiger partial charge in [-0.05, 0) is 50.5 Å². The fourth-order valence-corrected chi connectivity index (χ4v) is 5.86. The van der Waals surface area contributed by atoms with E-state index in [9.17, 15) is 17.6 Å². The summed E-state index contributed by atoms with van der Waals surface area (Å²) in [7, 11) is -3.35. The van der Waals surface area contributed by atoms with Crippen LogP contribution in [0.4, 0.5) is 10.1 Å². The van der Waals surface area contributed by atoms with Crippen LogP contribution in [0, 0.1) is 11.2 Å². The van der Waals surface area contributed by atoms with Crippen molar-refractivity contribution in [2.24, 2.45) is 5.41 Å². The van der Waals surface area contributed by atoms with Crippen LogP contribution in [0.1, 0.15) is 38.3 Å². The van der Waals surface area contributed by atoms with Gasteiger partial charge in [-0.2, -0.15) is 0 Å². The molecule has 1 amide bonds. The molecule has 7 heteroatoms. The lowest BCUT2D eigenvalue weighted by molar-refractivity contribution is -0.143. The molecule has 0 aliphatic carbocycles. The van der Waals surface area contributed by atoms with E-state index in [1.165, 1.54) is 16.4 Å². The van der Waals surface area contributed by atoms with Crippen LogP contribution in [0.25, 0.3) is 0 Å². The Balaban J connectivity index is 1.68. The summed E-state index contributed by atoms with van der Waals surface area (Å²) in [4.78, 5) is 15.0. The monoisotopic (exact) mass is 416 g/mol. The Bertz CT molecular complexity index is 1020. The molecule has 2 aliphatic heterocycles. The molecular formula is C22H25FN2O3S. The fourth-order valence-electron chi connectivity index (χ4n) is 4.58. The van der Waals surface area contributed by atoms with Gasteiger partial charge in [-0.25, -0.2) is 17.1 Å². The Hall–Kier alpha value is -2.25. The van der Waals surface area contributed by atoms with Crippen LogP contribution in [0.5, 0.6) is 0 Å². The number of halogens is 1. The van der Waals surface area contributed by atoms with E-state index in [1.54, 1.807) is 30.9 Å². The van der Waals surface area contributed by atoms with E-state index in [-0.39, 0.29) is 17.8 Å². The minimum atomic E-state index is -3.35. The molecule has 4 rings (SSSR count). The summed E-state index contributed by atoms with van der Waals surface area (Å²) in [5.41, 5.74) is 0.861. The molecule has 1 atom stereocenters. The first-order chi connectivity index (χ1) is 13.8. The summed E-state index contributed by atoms with van der Waals surface area (Å²) in [6.07, 6.45) is 0.923. The first-order valence-electron chi connectivity index (χ1n) is 9.90. The minimum absolute atomic E-state index is 0.0569. The molecule has 1 spiro atoms. The van der Waals surface area contributed by atoms with Gasteiger partial charge in [0.1, 0.15) is 5.82 Å². The molecule has 0 N–H and O–H groups in total. The SMILES string of the molecule is CC(C)S(=O)(=O)N1CCC2(CC1)C(=O)N(c1cccc(F)c1)C2c1ccccc1. The van der Waals surface area contributed by atoms with Crippen LogP contribution in [0.15, 0.2) is 54.6 Å². The number of amides is 1. The lowest BCUT2D eigenvalue weighted by atomic mass is 9.62. The van der Waals surface area contributed by atoms with Crippen LogP contribution in [0.2, 0.25) is 0 Å². The van der Waals surface area contributed by atoms with Crippen molar-refractivity contribution >= 4 is 21.6 Å². The highest BCUT2D eigenvalue weighted by molar-refractivity contribution is 7.89. The van der Waals surface area contributed by atoms with Crippen LogP contribution >= 0.6 is 0 Å². The van der Waals surface area contributed by atoms with E-state index < -0.39 is 20.7 Å². The van der Waals surface area contributed by atoms with Crippen LogP contribution in [-0.4, -0.2) is 37.0 Å². The summed E-state index contributed by atoms with van der Waals surface area (Å²) in [5.74, 6) is -0.445. The molecule has 0 radical (unpaired) electrons. The van der Waals surface area contributed by atoms with Gasteiger partial charge in [0, 0.05) is 18.8 Å². The van der Waals surface area contributed by atoms with Crippen molar-refractivity contribution < 1.29 is 17.6 Å². The average molecular weight is 417 g/mol. The van der Waals surface area contributed by atoms with Crippen molar-refractivity contribution in [3.63, 3.8) is 0 Å². The Labute approximate surface area is 171 Å². The molecule has 2 heterocycles. The van der Waals surface area contributed by atoms with E-state index >= 15 is 0 Å². The van der Waals surface area contributed by atoms with E-state index in [2.05, 4.69) is 0 Å². The molecule has 154 valence electrons. The maximum Gasteiger partial charge on any atom is 0.236 e. The minimum Gasteiger partial charge on any atom is -0.303 e. The van der Waals surface area contributed by atoms with Gasteiger partial charge in [-0.3, -0.25) is 4.79 Å². The third kappa shape index (κ3) is 3.16. The lowest BCUT2D eigenvalue weighted by Gasteiger charge is -2.58. The second kappa shape index (κ2) is 7.22. The number of benzene rings is 2. The number of rotatable bonds is 4. The highest BCUT2D eigenvalue weighted by atomic mass is 32.2. The van der Waals surface area contributed by atoms with E-state index in [0.717, 1.165) is 5.56 Å². The average Bonchev–Trinajstić information content (AvgIpc) is 2.72. The van der Waals surface area contributed by atoms with Crippen molar-refractivity contribution in [1.29, 1.82) is 0 Å². The van der Waals surface area contributed by atoms with Gasteiger partial charge in [0.05, 0.1) is 16.7 Å². The van der Waals surface area contributed by atoms with Crippen molar-refractivity contribution in [2.45, 2.75) is 38.0 Å². The van der Waals surface area contributed by atoms with Crippen molar-refractivity contribution in [2.75, 3.05) is 18.0 Å². The maximum absolute atomic E-state index is 13.8. The molecule has 2 aromatic carbocycles. The smallest absolute Gasteiger partial charge is 0.236 e. The standard InChI is InChI=1S/C22H25FN2O3S/c1-16(2)29(27,28)24-13-11-22(12-14-24)20(17-7-4-3-5-8-17)25(21(22)26)19-10-6-9-18(23)15-19/h3-10,15-16,20H,11-14H2,1-2H3. The van der Waals surface area contributed by atoms with Crippen LogP contribution in [0.3, 0.4) is 0 Å². The summed E-state index contributed by atoms with van der Waals surface area (Å²) >= 11 is 0. The Morgan fingerprint density at radius 1 is 1.03 bits per heavy atom. The number of β-lactam (4-membered cyclic amide) rings is 1. The first kappa shape index (κ1) is 20.0. The fraction of sp³-hybridized carbons (Fsp3) is 0.409. The predicted octanol–water partition coefficient (Wildman–Crippen LogP) is 3.73. The molecule has 2 fully saturated rings. The quantitative estimate of drug-likeness (QED) is 0.714. The van der Waals surface area contributed by atoms with Gasteiger partial charge in [0.25, 0.3) is 0 Å². The Kier molecular flexibility index (Phi) is 4.99. The summed E-state index contributed by atoms with van der Waals surface area (Å²) < 4.78 is 40.4. The zero-order valence-corrected chi connectivity index (χ0v) is 17.4. The van der Waals surface area contributed by atoms with Crippen molar-refractivity contribution in [1.82, 2.24) is 4.31 Å². The number of carbonyl (C=O) groups is 1. The number of carbonyl (C=O) groups excluding carboxylic acids is 1. The molecule has 2 saturated heterocycles. The summed E-state index contributed by atoms with van der Waals surface area (Å²) in [5, 5.41) is -0.484. The van der Waals surface area contributed by atoms with Gasteiger partial charge in [0.15, 0.2) is 0 Å². The summed E-state index contributed by atoms with van der Waals surface area (Å²) in [6.45, 7) is 4.00. The van der Waals surface area contributed by atoms with E-state index in [0.29, 0.717) is 31.6 Å². The number of piperidine rings is 1. The number of hydrogen-bond donors (Lipinski definition) is 0. The van der Waals surface area contributed by atoms with Gasteiger partial charge in [0.2, 0.25) is 15.9 Å². The largest absolute Gasteiger partial charge is 0.303 e. The van der Waals surface area contributed by atoms with E-state index in [4.69, 9.17) is 0 Å². The Morgan fingerprint density at radius 2 is 1.69 bits per heavy atom. The van der Waals surface area contributed by atoms with Crippen LogP contribution < -0.4 is 4.90 Å². The van der Waals surface area contributed by atoms with Gasteiger partial charge in [-0.15, -0.1) is 0 Å². The zero-order chi connectivity index (χ0) is 20.8. The number of nitrogens with zero attached hydrogens (tertiary/aromatic N) is 2. The number of anilines is 1. The topological polar surface area (TPSA) is 57.7 Å². The number of sulfonamides is 1. The van der Waals surface area contributed by atoms with Gasteiger partial charge >= 0.3 is 0 Å². The third-order valence-electron chi connectivity index (χ3n) is 6.20. The van der Waals surface area contributed by atoms with Crippen molar-refractivity contribution in [3.8, 4) is 0 Å². The molecule has 29 heavy (non-hydrogen) atoms. The van der Waals surface area contributed by atoms with E-state index in [1.807, 2.05) is 30.3 Å². The normalized spacial score (nSPS) is 22.1. The highest BCUT2D eigenvalue weighted by Crippen LogP contribution is 2.57. The maximum atomic E-state index is 13.8. The molecular weight excluding hydrogens is 391 g/mol. The predicted molar refractivity (Wildman–Crippen MR) is 110 cm³/mol. The molecule has 5 nitrogen and oxygen atoms in total. The van der Waals surface area contributed by atoms with Gasteiger partial charge < -0.3 is 4.90 Å². The zero-order valence-electron chi connectivity index (χ0n) is 16.6. The second-order valence-corrected chi connectivity index (χ2v) is 10.6. The van der Waals surface area contributed by atoms with Gasteiger partial charge in [-0.1, -0.05) is 36.4 Å². The molecule has 0 saturated carbocycles. The lowest BCUT2D eigenvalue weighted by Crippen LogP contribution is -2.67.